The molecule has 1 amide bonds. The molecule has 3 aromatic rings. The zero-order chi connectivity index (χ0) is 32.7. The van der Waals surface area contributed by atoms with Gasteiger partial charge in [0.05, 0.1) is 75.3 Å². The van der Waals surface area contributed by atoms with Crippen LogP contribution < -0.4 is 20.1 Å². The number of nitrogens with zero attached hydrogens (tertiary/aromatic N) is 2. The Balaban J connectivity index is 1.29. The molecule has 0 saturated heterocycles. The third-order valence-electron chi connectivity index (χ3n) is 5.98. The summed E-state index contributed by atoms with van der Waals surface area (Å²) < 4.78 is 39.9. The van der Waals surface area contributed by atoms with Crippen LogP contribution in [0.3, 0.4) is 0 Å². The number of hydrogen-bond donors (Lipinski definition) is 2. The number of benzene rings is 1. The molecule has 2 aromatic heterocycles. The SMILES string of the molecule is COc1cc2nc(C)nc(N[C@H](C)c3ccc(Br)s3)c2cc1OCCOCCOCCOCCOCCNC(=O)OC(C)(C)C. The molecule has 1 aromatic carbocycles. The number of rotatable bonds is 20. The summed E-state index contributed by atoms with van der Waals surface area (Å²) in [5.41, 5.74) is 0.252. The molecule has 1 atom stereocenters. The lowest BCUT2D eigenvalue weighted by molar-refractivity contribution is -0.00461. The van der Waals surface area contributed by atoms with Crippen molar-refractivity contribution in [1.29, 1.82) is 0 Å². The van der Waals surface area contributed by atoms with Gasteiger partial charge in [-0.25, -0.2) is 14.8 Å². The Morgan fingerprint density at radius 3 is 2.11 bits per heavy atom. The molecule has 14 heteroatoms. The maximum Gasteiger partial charge on any atom is 0.407 e. The van der Waals surface area contributed by atoms with Crippen molar-refractivity contribution < 1.29 is 38.0 Å². The second kappa shape index (κ2) is 19.0. The summed E-state index contributed by atoms with van der Waals surface area (Å²) >= 11 is 5.22. The maximum atomic E-state index is 11.5. The summed E-state index contributed by atoms with van der Waals surface area (Å²) in [5, 5.41) is 7.00. The van der Waals surface area contributed by atoms with Crippen molar-refractivity contribution in [3.05, 3.63) is 38.8 Å². The molecule has 0 aliphatic rings. The first-order chi connectivity index (χ1) is 21.6. The molecule has 0 spiro atoms. The minimum Gasteiger partial charge on any atom is -0.493 e. The highest BCUT2D eigenvalue weighted by Crippen LogP contribution is 2.36. The Hall–Kier alpha value is -2.75. The van der Waals surface area contributed by atoms with Gasteiger partial charge in [-0.1, -0.05) is 0 Å². The Bertz CT molecular complexity index is 1340. The molecule has 250 valence electrons. The molecule has 0 bridgehead atoms. The van der Waals surface area contributed by atoms with Crippen LogP contribution in [0.25, 0.3) is 10.9 Å². The number of thiophene rings is 1. The number of halogens is 1. The average Bonchev–Trinajstić information content (AvgIpc) is 3.42. The van der Waals surface area contributed by atoms with Gasteiger partial charge in [0.15, 0.2) is 11.5 Å². The molecule has 12 nitrogen and oxygen atoms in total. The lowest BCUT2D eigenvalue weighted by Gasteiger charge is -2.19. The monoisotopic (exact) mass is 712 g/mol. The zero-order valence-electron chi connectivity index (χ0n) is 26.9. The van der Waals surface area contributed by atoms with Crippen LogP contribution in [-0.2, 0) is 23.7 Å². The number of aryl methyl sites for hydroxylation is 1. The quantitative estimate of drug-likeness (QED) is 0.136. The summed E-state index contributed by atoms with van der Waals surface area (Å²) in [6.45, 7) is 13.6. The number of alkyl carbamates (subject to hydrolysis) is 1. The van der Waals surface area contributed by atoms with Gasteiger partial charge < -0.3 is 43.8 Å². The van der Waals surface area contributed by atoms with Crippen LogP contribution in [0.4, 0.5) is 10.6 Å². The van der Waals surface area contributed by atoms with Crippen LogP contribution in [0, 0.1) is 6.92 Å². The number of ether oxygens (including phenoxy) is 7. The van der Waals surface area contributed by atoms with Gasteiger partial charge in [-0.3, -0.25) is 0 Å². The van der Waals surface area contributed by atoms with E-state index >= 15 is 0 Å². The van der Waals surface area contributed by atoms with Crippen molar-refractivity contribution >= 4 is 50.1 Å². The van der Waals surface area contributed by atoms with Gasteiger partial charge in [-0.2, -0.15) is 0 Å². The molecule has 2 heterocycles. The molecule has 45 heavy (non-hydrogen) atoms. The highest BCUT2D eigenvalue weighted by molar-refractivity contribution is 9.11. The van der Waals surface area contributed by atoms with Crippen LogP contribution in [0.2, 0.25) is 0 Å². The number of amides is 1. The predicted octanol–water partition coefficient (Wildman–Crippen LogP) is 5.91. The fraction of sp³-hybridized carbons (Fsp3) is 0.581. The van der Waals surface area contributed by atoms with Gasteiger partial charge in [0.1, 0.15) is 23.9 Å². The van der Waals surface area contributed by atoms with E-state index in [1.165, 1.54) is 4.88 Å². The van der Waals surface area contributed by atoms with Gasteiger partial charge in [-0.15, -0.1) is 11.3 Å². The first-order valence-electron chi connectivity index (χ1n) is 14.8. The van der Waals surface area contributed by atoms with E-state index in [4.69, 9.17) is 33.2 Å². The van der Waals surface area contributed by atoms with E-state index in [0.717, 1.165) is 20.5 Å². The van der Waals surface area contributed by atoms with Crippen molar-refractivity contribution in [2.24, 2.45) is 0 Å². The predicted molar refractivity (Wildman–Crippen MR) is 178 cm³/mol. The summed E-state index contributed by atoms with van der Waals surface area (Å²) in [7, 11) is 1.61. The van der Waals surface area contributed by atoms with E-state index in [1.54, 1.807) is 18.4 Å². The van der Waals surface area contributed by atoms with Crippen LogP contribution in [0.5, 0.6) is 11.5 Å². The molecule has 3 rings (SSSR count). The number of fused-ring (bicyclic) bond motifs is 1. The summed E-state index contributed by atoms with van der Waals surface area (Å²) in [4.78, 5) is 22.0. The Morgan fingerprint density at radius 2 is 1.53 bits per heavy atom. The lowest BCUT2D eigenvalue weighted by Crippen LogP contribution is -2.34. The van der Waals surface area contributed by atoms with E-state index in [1.807, 2.05) is 45.9 Å². The summed E-state index contributed by atoms with van der Waals surface area (Å²) in [5.74, 6) is 2.58. The highest BCUT2D eigenvalue weighted by atomic mass is 79.9. The largest absolute Gasteiger partial charge is 0.493 e. The lowest BCUT2D eigenvalue weighted by atomic mass is 10.2. The second-order valence-corrected chi connectivity index (χ2v) is 13.4. The van der Waals surface area contributed by atoms with E-state index in [2.05, 4.69) is 49.5 Å². The molecule has 0 saturated carbocycles. The molecule has 0 radical (unpaired) electrons. The van der Waals surface area contributed by atoms with Gasteiger partial charge in [0.25, 0.3) is 0 Å². The average molecular weight is 714 g/mol. The number of carbonyl (C=O) groups is 1. The minimum atomic E-state index is -0.518. The van der Waals surface area contributed by atoms with E-state index in [9.17, 15) is 4.79 Å². The van der Waals surface area contributed by atoms with Crippen molar-refractivity contribution in [1.82, 2.24) is 15.3 Å². The fourth-order valence-electron chi connectivity index (χ4n) is 3.98. The molecular weight excluding hydrogens is 668 g/mol. The molecule has 2 N–H and O–H groups in total. The molecule has 0 aliphatic heterocycles. The number of methoxy groups -OCH3 is 1. The van der Waals surface area contributed by atoms with Crippen LogP contribution in [0.15, 0.2) is 28.1 Å². The molecule has 0 unspecified atom stereocenters. The molecular formula is C31H45BrN4O8S. The van der Waals surface area contributed by atoms with E-state index in [0.29, 0.717) is 83.3 Å². The third kappa shape index (κ3) is 13.6. The normalized spacial score (nSPS) is 12.2. The van der Waals surface area contributed by atoms with Crippen molar-refractivity contribution in [3.63, 3.8) is 0 Å². The van der Waals surface area contributed by atoms with E-state index in [-0.39, 0.29) is 6.04 Å². The van der Waals surface area contributed by atoms with Gasteiger partial charge in [0, 0.05) is 22.9 Å². The van der Waals surface area contributed by atoms with Crippen LogP contribution >= 0.6 is 27.3 Å². The standard InChI is InChI=1S/C31H45BrN4O8S/c1-21(27-7-8-28(32)45-27)34-29-23-19-26(25(38-6)20-24(23)35-22(2)36-29)43-18-17-42-16-15-41-14-13-40-12-11-39-10-9-33-30(37)44-31(3,4)5/h7-8,19-21H,9-18H2,1-6H3,(H,33,37)(H,34,35,36)/t21-/m1/s1. The number of carbonyl (C=O) groups excluding carboxylic acids is 1. The summed E-state index contributed by atoms with van der Waals surface area (Å²) in [6.07, 6.45) is -0.456. The fourth-order valence-corrected chi connectivity index (χ4v) is 5.41. The number of nitrogens with one attached hydrogen (secondary N) is 2. The molecule has 0 fully saturated rings. The van der Waals surface area contributed by atoms with Crippen molar-refractivity contribution in [2.75, 3.05) is 78.4 Å². The van der Waals surface area contributed by atoms with Gasteiger partial charge in [0.2, 0.25) is 0 Å². The van der Waals surface area contributed by atoms with E-state index < -0.39 is 11.7 Å². The number of anilines is 1. The third-order valence-corrected chi connectivity index (χ3v) is 7.79. The smallest absolute Gasteiger partial charge is 0.407 e. The Kier molecular flexibility index (Phi) is 15.5. The van der Waals surface area contributed by atoms with Gasteiger partial charge >= 0.3 is 6.09 Å². The maximum absolute atomic E-state index is 11.5. The van der Waals surface area contributed by atoms with Crippen molar-refractivity contribution in [2.45, 2.75) is 46.3 Å². The van der Waals surface area contributed by atoms with Crippen LogP contribution in [0.1, 0.15) is 44.4 Å². The second-order valence-electron chi connectivity index (χ2n) is 10.9. The Morgan fingerprint density at radius 1 is 0.911 bits per heavy atom. The summed E-state index contributed by atoms with van der Waals surface area (Å²) in [6, 6.07) is 7.97. The highest BCUT2D eigenvalue weighted by Gasteiger charge is 2.17. The van der Waals surface area contributed by atoms with Crippen LogP contribution in [-0.4, -0.2) is 94.8 Å². The first kappa shape index (κ1) is 36.7. The minimum absolute atomic E-state index is 0.0627. The number of hydrogen-bond acceptors (Lipinski definition) is 12. The number of aromatic nitrogens is 2. The zero-order valence-corrected chi connectivity index (χ0v) is 29.3. The topological polar surface area (TPSA) is 132 Å². The first-order valence-corrected chi connectivity index (χ1v) is 16.5. The van der Waals surface area contributed by atoms with Gasteiger partial charge in [-0.05, 0) is 68.7 Å². The van der Waals surface area contributed by atoms with Crippen molar-refractivity contribution in [3.8, 4) is 11.5 Å². The Labute approximate surface area is 277 Å². The molecule has 0 aliphatic carbocycles.